The van der Waals surface area contributed by atoms with Gasteiger partial charge in [-0.25, -0.2) is 0 Å². The number of hydrogen-bond donors (Lipinski definition) is 1. The summed E-state index contributed by atoms with van der Waals surface area (Å²) >= 11 is 0. The van der Waals surface area contributed by atoms with Crippen molar-refractivity contribution in [3.05, 3.63) is 65.5 Å². The summed E-state index contributed by atoms with van der Waals surface area (Å²) in [5.74, 6) is -0.117. The van der Waals surface area contributed by atoms with Crippen molar-refractivity contribution in [3.63, 3.8) is 0 Å². The summed E-state index contributed by atoms with van der Waals surface area (Å²) in [6.45, 7) is 4.58. The van der Waals surface area contributed by atoms with Crippen LogP contribution in [0.25, 0.3) is 0 Å². The molecule has 0 aliphatic carbocycles. The zero-order valence-corrected chi connectivity index (χ0v) is 15.9. The predicted molar refractivity (Wildman–Crippen MR) is 104 cm³/mol. The van der Waals surface area contributed by atoms with E-state index in [9.17, 15) is 9.59 Å². The Kier molecular flexibility index (Phi) is 6.19. The predicted octanol–water partition coefficient (Wildman–Crippen LogP) is 1.74. The molecule has 27 heavy (non-hydrogen) atoms. The number of amides is 2. The number of carbonyl (C=O) groups excluding carboxylic acids is 2. The van der Waals surface area contributed by atoms with E-state index in [1.165, 1.54) is 11.1 Å². The molecule has 1 fully saturated rings. The van der Waals surface area contributed by atoms with Gasteiger partial charge in [-0.1, -0.05) is 30.3 Å². The Morgan fingerprint density at radius 2 is 2.11 bits per heavy atom. The van der Waals surface area contributed by atoms with Gasteiger partial charge in [0.05, 0.1) is 12.5 Å². The molecule has 1 N–H and O–H groups in total. The van der Waals surface area contributed by atoms with Gasteiger partial charge in [-0.05, 0) is 29.7 Å². The van der Waals surface area contributed by atoms with Crippen LogP contribution < -0.4 is 5.32 Å². The molecule has 0 saturated carbocycles. The van der Waals surface area contributed by atoms with Gasteiger partial charge in [0, 0.05) is 45.6 Å². The SMILES string of the molecule is Cc1ccccc1CN1CCNC(=O)C1CC(=O)N(C)Cc1cccnc1. The highest BCUT2D eigenvalue weighted by atomic mass is 16.2. The van der Waals surface area contributed by atoms with Gasteiger partial charge in [0.1, 0.15) is 0 Å². The van der Waals surface area contributed by atoms with E-state index in [2.05, 4.69) is 34.3 Å². The van der Waals surface area contributed by atoms with Crippen molar-refractivity contribution in [1.82, 2.24) is 20.1 Å². The molecule has 1 saturated heterocycles. The monoisotopic (exact) mass is 366 g/mol. The Labute approximate surface area is 160 Å². The standard InChI is InChI=1S/C21H26N4O2/c1-16-6-3-4-8-18(16)15-25-11-10-23-21(27)19(25)12-20(26)24(2)14-17-7-5-9-22-13-17/h3-9,13,19H,10-12,14-15H2,1-2H3,(H,23,27). The number of pyridine rings is 1. The molecule has 0 radical (unpaired) electrons. The van der Waals surface area contributed by atoms with Gasteiger partial charge >= 0.3 is 0 Å². The molecule has 1 atom stereocenters. The minimum Gasteiger partial charge on any atom is -0.353 e. The summed E-state index contributed by atoms with van der Waals surface area (Å²) in [6, 6.07) is 11.5. The number of piperazine rings is 1. The van der Waals surface area contributed by atoms with Crippen LogP contribution in [0.15, 0.2) is 48.8 Å². The van der Waals surface area contributed by atoms with Crippen molar-refractivity contribution in [2.24, 2.45) is 0 Å². The third-order valence-electron chi connectivity index (χ3n) is 5.01. The highest BCUT2D eigenvalue weighted by molar-refractivity contribution is 5.88. The number of nitrogens with one attached hydrogen (secondary N) is 1. The summed E-state index contributed by atoms with van der Waals surface area (Å²) in [7, 11) is 1.77. The van der Waals surface area contributed by atoms with Gasteiger partial charge in [-0.2, -0.15) is 0 Å². The third-order valence-corrected chi connectivity index (χ3v) is 5.01. The van der Waals surface area contributed by atoms with E-state index in [1.807, 2.05) is 24.3 Å². The number of benzene rings is 1. The van der Waals surface area contributed by atoms with E-state index in [0.29, 0.717) is 19.6 Å². The van der Waals surface area contributed by atoms with Crippen molar-refractivity contribution < 1.29 is 9.59 Å². The van der Waals surface area contributed by atoms with E-state index in [1.54, 1.807) is 24.3 Å². The lowest BCUT2D eigenvalue weighted by molar-refractivity contribution is -0.138. The fraction of sp³-hybridized carbons (Fsp3) is 0.381. The number of carbonyl (C=O) groups is 2. The fourth-order valence-corrected chi connectivity index (χ4v) is 3.35. The van der Waals surface area contributed by atoms with Crippen molar-refractivity contribution in [2.75, 3.05) is 20.1 Å². The lowest BCUT2D eigenvalue weighted by atomic mass is 10.0. The smallest absolute Gasteiger partial charge is 0.237 e. The van der Waals surface area contributed by atoms with Gasteiger partial charge < -0.3 is 10.2 Å². The molecule has 1 aromatic carbocycles. The molecule has 0 bridgehead atoms. The van der Waals surface area contributed by atoms with E-state index in [4.69, 9.17) is 0 Å². The largest absolute Gasteiger partial charge is 0.353 e. The van der Waals surface area contributed by atoms with Crippen LogP contribution in [-0.2, 0) is 22.7 Å². The summed E-state index contributed by atoms with van der Waals surface area (Å²) in [5.41, 5.74) is 3.36. The first-order valence-corrected chi connectivity index (χ1v) is 9.23. The fourth-order valence-electron chi connectivity index (χ4n) is 3.35. The summed E-state index contributed by atoms with van der Waals surface area (Å²) < 4.78 is 0. The summed E-state index contributed by atoms with van der Waals surface area (Å²) in [5, 5.41) is 2.90. The number of nitrogens with zero attached hydrogens (tertiary/aromatic N) is 3. The maximum atomic E-state index is 12.7. The molecule has 1 aromatic heterocycles. The van der Waals surface area contributed by atoms with E-state index in [0.717, 1.165) is 12.1 Å². The molecular weight excluding hydrogens is 340 g/mol. The minimum absolute atomic E-state index is 0.0457. The first-order chi connectivity index (χ1) is 13.0. The molecule has 1 aliphatic heterocycles. The van der Waals surface area contributed by atoms with Gasteiger partial charge in [-0.15, -0.1) is 0 Å². The second kappa shape index (κ2) is 8.77. The van der Waals surface area contributed by atoms with Crippen molar-refractivity contribution >= 4 is 11.8 Å². The van der Waals surface area contributed by atoms with Crippen molar-refractivity contribution in [2.45, 2.75) is 32.5 Å². The van der Waals surface area contributed by atoms with E-state index >= 15 is 0 Å². The van der Waals surface area contributed by atoms with Crippen LogP contribution in [-0.4, -0.2) is 52.8 Å². The molecule has 1 aliphatic rings. The Morgan fingerprint density at radius 1 is 1.30 bits per heavy atom. The zero-order chi connectivity index (χ0) is 19.2. The maximum absolute atomic E-state index is 12.7. The molecule has 2 amide bonds. The molecule has 142 valence electrons. The lowest BCUT2D eigenvalue weighted by Gasteiger charge is -2.35. The first kappa shape index (κ1) is 19.0. The minimum atomic E-state index is -0.442. The Morgan fingerprint density at radius 3 is 2.85 bits per heavy atom. The Balaban J connectivity index is 1.67. The molecular formula is C21H26N4O2. The van der Waals surface area contributed by atoms with E-state index < -0.39 is 6.04 Å². The van der Waals surface area contributed by atoms with Crippen LogP contribution >= 0.6 is 0 Å². The van der Waals surface area contributed by atoms with Crippen LogP contribution in [0.4, 0.5) is 0 Å². The topological polar surface area (TPSA) is 65.5 Å². The van der Waals surface area contributed by atoms with Crippen LogP contribution in [0.5, 0.6) is 0 Å². The number of aromatic nitrogens is 1. The average molecular weight is 366 g/mol. The quantitative estimate of drug-likeness (QED) is 0.846. The highest BCUT2D eigenvalue weighted by Crippen LogP contribution is 2.17. The maximum Gasteiger partial charge on any atom is 0.237 e. The van der Waals surface area contributed by atoms with Gasteiger partial charge in [0.25, 0.3) is 0 Å². The summed E-state index contributed by atoms with van der Waals surface area (Å²) in [6.07, 6.45) is 3.64. The second-order valence-corrected chi connectivity index (χ2v) is 7.02. The molecule has 3 rings (SSSR count). The van der Waals surface area contributed by atoms with Crippen molar-refractivity contribution in [1.29, 1.82) is 0 Å². The second-order valence-electron chi connectivity index (χ2n) is 7.02. The Hall–Kier alpha value is -2.73. The summed E-state index contributed by atoms with van der Waals surface area (Å²) in [4.78, 5) is 33.0. The Bertz CT molecular complexity index is 794. The molecule has 0 spiro atoms. The molecule has 6 nitrogen and oxygen atoms in total. The number of aryl methyl sites for hydroxylation is 1. The van der Waals surface area contributed by atoms with Crippen LogP contribution in [0, 0.1) is 6.92 Å². The molecule has 1 unspecified atom stereocenters. The first-order valence-electron chi connectivity index (χ1n) is 9.23. The van der Waals surface area contributed by atoms with Crippen LogP contribution in [0.3, 0.4) is 0 Å². The zero-order valence-electron chi connectivity index (χ0n) is 15.9. The van der Waals surface area contributed by atoms with E-state index in [-0.39, 0.29) is 18.2 Å². The molecule has 2 heterocycles. The van der Waals surface area contributed by atoms with Crippen molar-refractivity contribution in [3.8, 4) is 0 Å². The molecule has 2 aromatic rings. The number of rotatable bonds is 6. The van der Waals surface area contributed by atoms with Gasteiger partial charge in [0.15, 0.2) is 0 Å². The number of hydrogen-bond acceptors (Lipinski definition) is 4. The van der Waals surface area contributed by atoms with Gasteiger partial charge in [0.2, 0.25) is 11.8 Å². The molecule has 6 heteroatoms. The average Bonchev–Trinajstić information content (AvgIpc) is 2.67. The van der Waals surface area contributed by atoms with Crippen LogP contribution in [0.2, 0.25) is 0 Å². The van der Waals surface area contributed by atoms with Gasteiger partial charge in [-0.3, -0.25) is 19.5 Å². The normalized spacial score (nSPS) is 17.4. The highest BCUT2D eigenvalue weighted by Gasteiger charge is 2.32. The lowest BCUT2D eigenvalue weighted by Crippen LogP contribution is -2.56. The van der Waals surface area contributed by atoms with Crippen LogP contribution in [0.1, 0.15) is 23.1 Å². The third kappa shape index (κ3) is 4.92.